The van der Waals surface area contributed by atoms with E-state index in [1.807, 2.05) is 26.0 Å². The van der Waals surface area contributed by atoms with Gasteiger partial charge >= 0.3 is 0 Å². The monoisotopic (exact) mass is 302 g/mol. The Bertz CT molecular complexity index is 656. The lowest BCUT2D eigenvalue weighted by atomic mass is 10.1. The zero-order valence-electron chi connectivity index (χ0n) is 13.9. The number of hydrogen-bond donors (Lipinski definition) is 2. The number of aliphatic hydroxyl groups is 1. The maximum Gasteiger partial charge on any atom is 0.220 e. The predicted molar refractivity (Wildman–Crippen MR) is 90.0 cm³/mol. The van der Waals surface area contributed by atoms with E-state index in [0.717, 1.165) is 0 Å². The molecular formula is C18H26N2O2. The van der Waals surface area contributed by atoms with E-state index in [2.05, 4.69) is 42.1 Å². The summed E-state index contributed by atoms with van der Waals surface area (Å²) in [5.74, 6) is -0.0274. The number of carbonyl (C=O) groups excluding carboxylic acids is 1. The van der Waals surface area contributed by atoms with Crippen LogP contribution in [-0.4, -0.2) is 27.7 Å². The topological polar surface area (TPSA) is 54.3 Å². The molecule has 2 rings (SSSR count). The highest BCUT2D eigenvalue weighted by molar-refractivity contribution is 5.85. The highest BCUT2D eigenvalue weighted by Crippen LogP contribution is 2.25. The number of rotatable bonds is 6. The number of aliphatic hydroxyl groups excluding tert-OH is 1. The van der Waals surface area contributed by atoms with Gasteiger partial charge in [0.25, 0.3) is 0 Å². The molecule has 1 amide bonds. The van der Waals surface area contributed by atoms with Gasteiger partial charge in [0.1, 0.15) is 0 Å². The summed E-state index contributed by atoms with van der Waals surface area (Å²) in [4.78, 5) is 12.0. The van der Waals surface area contributed by atoms with E-state index in [9.17, 15) is 9.90 Å². The number of amides is 1. The lowest BCUT2D eigenvalue weighted by Crippen LogP contribution is -2.46. The van der Waals surface area contributed by atoms with E-state index in [-0.39, 0.29) is 12.5 Å². The zero-order valence-corrected chi connectivity index (χ0v) is 13.9. The van der Waals surface area contributed by atoms with Gasteiger partial charge in [0, 0.05) is 29.6 Å². The fourth-order valence-corrected chi connectivity index (χ4v) is 2.63. The Labute approximate surface area is 132 Å². The van der Waals surface area contributed by atoms with Crippen molar-refractivity contribution in [3.8, 4) is 0 Å². The van der Waals surface area contributed by atoms with Gasteiger partial charge in [-0.3, -0.25) is 4.79 Å². The summed E-state index contributed by atoms with van der Waals surface area (Å²) < 4.78 is 2.25. The molecule has 0 aliphatic heterocycles. The van der Waals surface area contributed by atoms with Crippen molar-refractivity contribution in [1.82, 2.24) is 9.88 Å². The molecule has 2 N–H and O–H groups in total. The van der Waals surface area contributed by atoms with Gasteiger partial charge in [0.05, 0.1) is 12.1 Å². The van der Waals surface area contributed by atoms with Crippen LogP contribution in [-0.2, 0) is 11.2 Å². The molecule has 0 bridgehead atoms. The smallest absolute Gasteiger partial charge is 0.220 e. The van der Waals surface area contributed by atoms with Crippen molar-refractivity contribution in [2.24, 2.45) is 0 Å². The molecule has 0 radical (unpaired) electrons. The Morgan fingerprint density at radius 3 is 2.64 bits per heavy atom. The highest BCUT2D eigenvalue weighted by Gasteiger charge is 2.19. The molecule has 1 aromatic carbocycles. The van der Waals surface area contributed by atoms with Crippen LogP contribution in [0.4, 0.5) is 0 Å². The lowest BCUT2D eigenvalue weighted by molar-refractivity contribution is -0.123. The average Bonchev–Trinajstić information content (AvgIpc) is 2.84. The molecule has 0 saturated heterocycles. The third-order valence-electron chi connectivity index (χ3n) is 3.87. The van der Waals surface area contributed by atoms with Gasteiger partial charge in [-0.25, -0.2) is 0 Å². The summed E-state index contributed by atoms with van der Waals surface area (Å²) in [6.07, 6.45) is 3.28. The van der Waals surface area contributed by atoms with E-state index in [1.54, 1.807) is 0 Å². The second kappa shape index (κ2) is 6.53. The van der Waals surface area contributed by atoms with Crippen LogP contribution in [0.2, 0.25) is 0 Å². The zero-order chi connectivity index (χ0) is 16.3. The summed E-state index contributed by atoms with van der Waals surface area (Å²) in [6.45, 7) is 7.88. The predicted octanol–water partition coefficient (Wildman–Crippen LogP) is 3.04. The normalized spacial score (nSPS) is 12.1. The first-order valence-corrected chi connectivity index (χ1v) is 7.84. The van der Waals surface area contributed by atoms with Gasteiger partial charge in [-0.15, -0.1) is 0 Å². The molecule has 0 aliphatic rings. The second-order valence-electron chi connectivity index (χ2n) is 6.76. The Kier molecular flexibility index (Phi) is 4.91. The van der Waals surface area contributed by atoms with Crippen molar-refractivity contribution in [2.45, 2.75) is 52.1 Å². The summed E-state index contributed by atoms with van der Waals surface area (Å²) in [5.41, 5.74) is 1.84. The number of carbonyl (C=O) groups is 1. The molecule has 0 atom stereocenters. The molecule has 1 aromatic heterocycles. The fourth-order valence-electron chi connectivity index (χ4n) is 2.63. The molecule has 0 aliphatic carbocycles. The largest absolute Gasteiger partial charge is 0.394 e. The Hall–Kier alpha value is -1.81. The van der Waals surface area contributed by atoms with E-state index in [4.69, 9.17) is 0 Å². The molecule has 0 fully saturated rings. The van der Waals surface area contributed by atoms with E-state index in [0.29, 0.717) is 18.9 Å². The Balaban J connectivity index is 2.14. The number of nitrogens with one attached hydrogen (secondary N) is 1. The summed E-state index contributed by atoms with van der Waals surface area (Å²) in [5, 5.41) is 13.3. The van der Waals surface area contributed by atoms with Crippen molar-refractivity contribution in [3.63, 3.8) is 0 Å². The first kappa shape index (κ1) is 16.6. The molecule has 4 heteroatoms. The number of aromatic nitrogens is 1. The average molecular weight is 302 g/mol. The van der Waals surface area contributed by atoms with Crippen molar-refractivity contribution >= 4 is 16.8 Å². The van der Waals surface area contributed by atoms with Crippen LogP contribution in [0.1, 0.15) is 45.7 Å². The van der Waals surface area contributed by atoms with Crippen molar-refractivity contribution in [3.05, 3.63) is 36.0 Å². The van der Waals surface area contributed by atoms with Gasteiger partial charge < -0.3 is 15.0 Å². The Morgan fingerprint density at radius 1 is 1.32 bits per heavy atom. The number of aryl methyl sites for hydroxylation is 1. The molecule has 0 saturated carbocycles. The Morgan fingerprint density at radius 2 is 2.00 bits per heavy atom. The van der Waals surface area contributed by atoms with Crippen LogP contribution in [0.25, 0.3) is 10.9 Å². The van der Waals surface area contributed by atoms with E-state index >= 15 is 0 Å². The first-order valence-electron chi connectivity index (χ1n) is 7.84. The van der Waals surface area contributed by atoms with E-state index in [1.165, 1.54) is 16.5 Å². The summed E-state index contributed by atoms with van der Waals surface area (Å²) in [6, 6.07) is 8.69. The van der Waals surface area contributed by atoms with Crippen LogP contribution in [0.15, 0.2) is 30.5 Å². The number of nitrogens with zero attached hydrogens (tertiary/aromatic N) is 1. The number of para-hydroxylation sites is 1. The third-order valence-corrected chi connectivity index (χ3v) is 3.87. The van der Waals surface area contributed by atoms with Gasteiger partial charge in [-0.05, 0) is 45.7 Å². The standard InChI is InChI=1S/C18H26N2O2/c1-13(2)20-11-14(15-7-5-6-8-16(15)20)9-10-17(22)19-18(3,4)12-21/h5-8,11,13,21H,9-10,12H2,1-4H3,(H,19,22). The number of hydrogen-bond acceptors (Lipinski definition) is 2. The van der Waals surface area contributed by atoms with Gasteiger partial charge in [-0.2, -0.15) is 0 Å². The molecule has 4 nitrogen and oxygen atoms in total. The van der Waals surface area contributed by atoms with Crippen molar-refractivity contribution in [2.75, 3.05) is 6.61 Å². The number of benzene rings is 1. The molecule has 120 valence electrons. The van der Waals surface area contributed by atoms with Crippen LogP contribution >= 0.6 is 0 Å². The van der Waals surface area contributed by atoms with Crippen LogP contribution in [0.5, 0.6) is 0 Å². The maximum absolute atomic E-state index is 12.0. The lowest BCUT2D eigenvalue weighted by Gasteiger charge is -2.23. The van der Waals surface area contributed by atoms with Gasteiger partial charge in [0.15, 0.2) is 0 Å². The van der Waals surface area contributed by atoms with Crippen molar-refractivity contribution < 1.29 is 9.90 Å². The molecule has 1 heterocycles. The molecule has 22 heavy (non-hydrogen) atoms. The maximum atomic E-state index is 12.0. The highest BCUT2D eigenvalue weighted by atomic mass is 16.3. The SMILES string of the molecule is CC(C)n1cc(CCC(=O)NC(C)(C)CO)c2ccccc21. The molecular weight excluding hydrogens is 276 g/mol. The minimum absolute atomic E-state index is 0.0274. The van der Waals surface area contributed by atoms with Crippen LogP contribution < -0.4 is 5.32 Å². The van der Waals surface area contributed by atoms with E-state index < -0.39 is 5.54 Å². The van der Waals surface area contributed by atoms with Crippen molar-refractivity contribution in [1.29, 1.82) is 0 Å². The second-order valence-corrected chi connectivity index (χ2v) is 6.76. The van der Waals surface area contributed by atoms with Gasteiger partial charge in [0.2, 0.25) is 5.91 Å². The molecule has 0 unspecified atom stereocenters. The summed E-state index contributed by atoms with van der Waals surface area (Å²) >= 11 is 0. The number of fused-ring (bicyclic) bond motifs is 1. The minimum atomic E-state index is -0.566. The van der Waals surface area contributed by atoms with Crippen LogP contribution in [0.3, 0.4) is 0 Å². The molecule has 0 spiro atoms. The van der Waals surface area contributed by atoms with Crippen LogP contribution in [0, 0.1) is 0 Å². The van der Waals surface area contributed by atoms with Gasteiger partial charge in [-0.1, -0.05) is 18.2 Å². The quantitative estimate of drug-likeness (QED) is 0.861. The third kappa shape index (κ3) is 3.69. The minimum Gasteiger partial charge on any atom is -0.394 e. The first-order chi connectivity index (χ1) is 10.3. The fraction of sp³-hybridized carbons (Fsp3) is 0.500. The molecule has 2 aromatic rings. The summed E-state index contributed by atoms with van der Waals surface area (Å²) in [7, 11) is 0.